The molecular formula is C18H25N3OS. The van der Waals surface area contributed by atoms with Gasteiger partial charge < -0.3 is 4.74 Å². The van der Waals surface area contributed by atoms with E-state index in [1.54, 1.807) is 0 Å². The average Bonchev–Trinajstić information content (AvgIpc) is 3.15. The highest BCUT2D eigenvalue weighted by Gasteiger charge is 2.29. The number of hydrogen-bond acceptors (Lipinski definition) is 4. The van der Waals surface area contributed by atoms with Crippen molar-refractivity contribution in [3.05, 3.63) is 39.3 Å². The summed E-state index contributed by atoms with van der Waals surface area (Å²) in [5.74, 6) is 1.28. The van der Waals surface area contributed by atoms with Crippen LogP contribution in [-0.2, 0) is 24.9 Å². The molecule has 5 heteroatoms. The van der Waals surface area contributed by atoms with Crippen LogP contribution in [0.3, 0.4) is 0 Å². The van der Waals surface area contributed by atoms with Crippen molar-refractivity contribution < 1.29 is 4.74 Å². The first-order valence-electron chi connectivity index (χ1n) is 8.55. The van der Waals surface area contributed by atoms with Gasteiger partial charge in [0.2, 0.25) is 0 Å². The minimum atomic E-state index is 0.451. The molecule has 0 bridgehead atoms. The van der Waals surface area contributed by atoms with Crippen molar-refractivity contribution in [2.45, 2.75) is 38.8 Å². The number of nitrogens with zero attached hydrogens (tertiary/aromatic N) is 3. The van der Waals surface area contributed by atoms with E-state index in [9.17, 15) is 0 Å². The molecule has 1 aliphatic heterocycles. The molecule has 3 heterocycles. The summed E-state index contributed by atoms with van der Waals surface area (Å²) in [6.07, 6.45) is 4.76. The lowest BCUT2D eigenvalue weighted by molar-refractivity contribution is 0.0887. The van der Waals surface area contributed by atoms with Crippen LogP contribution >= 0.6 is 11.3 Å². The van der Waals surface area contributed by atoms with Crippen LogP contribution in [0.4, 0.5) is 0 Å². The quantitative estimate of drug-likeness (QED) is 0.813. The number of fused-ring (bicyclic) bond motifs is 1. The number of aromatic nitrogens is 2. The highest BCUT2D eigenvalue weighted by molar-refractivity contribution is 7.11. The number of thiophene rings is 1. The third-order valence-electron chi connectivity index (χ3n) is 4.93. The molecule has 0 aromatic carbocycles. The van der Waals surface area contributed by atoms with Crippen LogP contribution in [0.1, 0.15) is 39.8 Å². The van der Waals surface area contributed by atoms with Gasteiger partial charge in [-0.25, -0.2) is 0 Å². The Labute approximate surface area is 142 Å². The van der Waals surface area contributed by atoms with Gasteiger partial charge in [0.15, 0.2) is 0 Å². The van der Waals surface area contributed by atoms with Gasteiger partial charge in [-0.3, -0.25) is 9.58 Å². The first-order valence-corrected chi connectivity index (χ1v) is 9.37. The van der Waals surface area contributed by atoms with Crippen LogP contribution in [-0.4, -0.2) is 34.4 Å². The van der Waals surface area contributed by atoms with Crippen molar-refractivity contribution in [1.82, 2.24) is 14.7 Å². The van der Waals surface area contributed by atoms with Gasteiger partial charge in [0.05, 0.1) is 18.5 Å². The monoisotopic (exact) mass is 331 g/mol. The Morgan fingerprint density at radius 3 is 2.91 bits per heavy atom. The number of hydrogen-bond donors (Lipinski definition) is 0. The maximum Gasteiger partial charge on any atom is 0.0557 e. The predicted octanol–water partition coefficient (Wildman–Crippen LogP) is 3.32. The molecule has 0 saturated heterocycles. The van der Waals surface area contributed by atoms with E-state index in [0.717, 1.165) is 38.8 Å². The lowest BCUT2D eigenvalue weighted by Gasteiger charge is -2.32. The summed E-state index contributed by atoms with van der Waals surface area (Å²) in [4.78, 5) is 5.38. The summed E-state index contributed by atoms with van der Waals surface area (Å²) in [6.45, 7) is 7.04. The van der Waals surface area contributed by atoms with Crippen LogP contribution < -0.4 is 0 Å². The SMILES string of the molecule is Cc1ccc(CN2Cc3c(cnn3C)[C@@H](COCC3CC3)C2)s1. The van der Waals surface area contributed by atoms with E-state index >= 15 is 0 Å². The second-order valence-corrected chi connectivity index (χ2v) is 8.40. The molecule has 0 amide bonds. The van der Waals surface area contributed by atoms with Crippen molar-refractivity contribution in [2.24, 2.45) is 13.0 Å². The van der Waals surface area contributed by atoms with Crippen LogP contribution in [0.5, 0.6) is 0 Å². The summed E-state index contributed by atoms with van der Waals surface area (Å²) in [5.41, 5.74) is 2.74. The van der Waals surface area contributed by atoms with Gasteiger partial charge in [-0.1, -0.05) is 0 Å². The van der Waals surface area contributed by atoms with Gasteiger partial charge in [0.1, 0.15) is 0 Å². The van der Waals surface area contributed by atoms with Crippen molar-refractivity contribution in [3.63, 3.8) is 0 Å². The molecule has 0 N–H and O–H groups in total. The molecule has 2 aliphatic rings. The van der Waals surface area contributed by atoms with E-state index in [4.69, 9.17) is 4.74 Å². The van der Waals surface area contributed by atoms with E-state index < -0.39 is 0 Å². The van der Waals surface area contributed by atoms with Crippen molar-refractivity contribution in [1.29, 1.82) is 0 Å². The normalized spacial score (nSPS) is 21.6. The average molecular weight is 331 g/mol. The fourth-order valence-corrected chi connectivity index (χ4v) is 4.35. The van der Waals surface area contributed by atoms with E-state index in [1.807, 2.05) is 22.2 Å². The maximum atomic E-state index is 6.00. The second kappa shape index (κ2) is 6.38. The summed E-state index contributed by atoms with van der Waals surface area (Å²) < 4.78 is 8.04. The third-order valence-corrected chi connectivity index (χ3v) is 5.92. The summed E-state index contributed by atoms with van der Waals surface area (Å²) >= 11 is 1.90. The second-order valence-electron chi connectivity index (χ2n) is 7.03. The summed E-state index contributed by atoms with van der Waals surface area (Å²) in [5, 5.41) is 4.49. The van der Waals surface area contributed by atoms with Gasteiger partial charge in [-0.15, -0.1) is 11.3 Å². The van der Waals surface area contributed by atoms with Crippen LogP contribution in [0.25, 0.3) is 0 Å². The highest BCUT2D eigenvalue weighted by Crippen LogP contribution is 2.32. The lowest BCUT2D eigenvalue weighted by atomic mass is 9.95. The molecule has 0 radical (unpaired) electrons. The standard InChI is InChI=1S/C18H25N3OS/c1-13-3-6-16(23-13)9-21-8-15(12-22-11-14-4-5-14)17-7-19-20(2)18(17)10-21/h3,6-7,14-15H,4-5,8-12H2,1-2H3/t15-/m1/s1. The molecule has 0 spiro atoms. The first kappa shape index (κ1) is 15.4. The maximum absolute atomic E-state index is 6.00. The Bertz CT molecular complexity index is 674. The van der Waals surface area contributed by atoms with Crippen LogP contribution in [0.2, 0.25) is 0 Å². The van der Waals surface area contributed by atoms with Crippen molar-refractivity contribution >= 4 is 11.3 Å². The Balaban J connectivity index is 1.46. The van der Waals surface area contributed by atoms with Gasteiger partial charge >= 0.3 is 0 Å². The zero-order valence-corrected chi connectivity index (χ0v) is 14.8. The van der Waals surface area contributed by atoms with Crippen molar-refractivity contribution in [2.75, 3.05) is 19.8 Å². The summed E-state index contributed by atoms with van der Waals surface area (Å²) in [7, 11) is 2.06. The molecule has 4 rings (SSSR count). The van der Waals surface area contributed by atoms with Gasteiger partial charge in [0.25, 0.3) is 0 Å². The van der Waals surface area contributed by atoms with E-state index in [2.05, 4.69) is 36.1 Å². The van der Waals surface area contributed by atoms with Gasteiger partial charge in [-0.05, 0) is 37.8 Å². The minimum Gasteiger partial charge on any atom is -0.380 e. The molecule has 1 atom stereocenters. The van der Waals surface area contributed by atoms with E-state index in [1.165, 1.54) is 33.9 Å². The molecule has 1 fully saturated rings. The molecule has 0 unspecified atom stereocenters. The molecule has 4 nitrogen and oxygen atoms in total. The van der Waals surface area contributed by atoms with Gasteiger partial charge in [-0.2, -0.15) is 5.10 Å². The highest BCUT2D eigenvalue weighted by atomic mass is 32.1. The molecule has 1 aliphatic carbocycles. The molecular weight excluding hydrogens is 306 g/mol. The zero-order chi connectivity index (χ0) is 15.8. The largest absolute Gasteiger partial charge is 0.380 e. The number of rotatable bonds is 6. The Morgan fingerprint density at radius 2 is 2.17 bits per heavy atom. The minimum absolute atomic E-state index is 0.451. The predicted molar refractivity (Wildman–Crippen MR) is 92.7 cm³/mol. The Hall–Kier alpha value is -1.17. The number of ether oxygens (including phenoxy) is 1. The van der Waals surface area contributed by atoms with Gasteiger partial charge in [0, 0.05) is 54.5 Å². The molecule has 1 saturated carbocycles. The van der Waals surface area contributed by atoms with Crippen LogP contribution in [0.15, 0.2) is 18.3 Å². The topological polar surface area (TPSA) is 30.3 Å². The molecule has 23 heavy (non-hydrogen) atoms. The fourth-order valence-electron chi connectivity index (χ4n) is 3.42. The number of aryl methyl sites for hydroxylation is 2. The Kier molecular flexibility index (Phi) is 4.26. The molecule has 2 aromatic rings. The fraction of sp³-hybridized carbons (Fsp3) is 0.611. The first-order chi connectivity index (χ1) is 11.2. The molecule has 2 aromatic heterocycles. The van der Waals surface area contributed by atoms with E-state index in [0.29, 0.717) is 5.92 Å². The molecule has 124 valence electrons. The zero-order valence-electron chi connectivity index (χ0n) is 14.0. The van der Waals surface area contributed by atoms with E-state index in [-0.39, 0.29) is 0 Å². The van der Waals surface area contributed by atoms with Crippen molar-refractivity contribution in [3.8, 4) is 0 Å². The lowest BCUT2D eigenvalue weighted by Crippen LogP contribution is -2.35. The van der Waals surface area contributed by atoms with Crippen LogP contribution in [0, 0.1) is 12.8 Å². The Morgan fingerprint density at radius 1 is 1.30 bits per heavy atom. The smallest absolute Gasteiger partial charge is 0.0557 e. The third kappa shape index (κ3) is 3.52. The summed E-state index contributed by atoms with van der Waals surface area (Å²) in [6, 6.07) is 4.48.